The molecule has 1 amide bonds. The van der Waals surface area contributed by atoms with E-state index in [0.717, 1.165) is 19.5 Å². The number of hydrogen-bond acceptors (Lipinski definition) is 3. The van der Waals surface area contributed by atoms with Gasteiger partial charge in [0, 0.05) is 16.6 Å². The Labute approximate surface area is 147 Å². The third-order valence-electron chi connectivity index (χ3n) is 4.25. The highest BCUT2D eigenvalue weighted by Crippen LogP contribution is 2.24. The van der Waals surface area contributed by atoms with Crippen molar-refractivity contribution < 1.29 is 9.53 Å². The molecular formula is C19H21ClN2O2. The van der Waals surface area contributed by atoms with E-state index in [1.807, 2.05) is 12.1 Å². The minimum atomic E-state index is -0.0388. The van der Waals surface area contributed by atoms with E-state index in [0.29, 0.717) is 28.0 Å². The van der Waals surface area contributed by atoms with Gasteiger partial charge in [-0.15, -0.1) is 0 Å². The normalized spacial score (nSPS) is 20.4. The molecule has 4 nitrogen and oxygen atoms in total. The van der Waals surface area contributed by atoms with E-state index in [2.05, 4.69) is 17.6 Å². The van der Waals surface area contributed by atoms with Crippen LogP contribution in [0.1, 0.15) is 23.7 Å². The summed E-state index contributed by atoms with van der Waals surface area (Å²) in [4.78, 5) is 12.4. The second kappa shape index (κ2) is 7.69. The molecule has 24 heavy (non-hydrogen) atoms. The van der Waals surface area contributed by atoms with Gasteiger partial charge in [0.25, 0.3) is 5.91 Å². The number of amides is 1. The first-order valence-electron chi connectivity index (χ1n) is 8.17. The molecule has 0 saturated carbocycles. The van der Waals surface area contributed by atoms with Crippen LogP contribution in [-0.2, 0) is 0 Å². The van der Waals surface area contributed by atoms with Crippen LogP contribution in [0, 0.1) is 5.92 Å². The molecule has 2 unspecified atom stereocenters. The monoisotopic (exact) mass is 344 g/mol. The van der Waals surface area contributed by atoms with Gasteiger partial charge >= 0.3 is 0 Å². The number of piperidine rings is 1. The molecule has 1 aliphatic rings. The average Bonchev–Trinajstić information content (AvgIpc) is 2.57. The van der Waals surface area contributed by atoms with Crippen molar-refractivity contribution in [1.29, 1.82) is 0 Å². The van der Waals surface area contributed by atoms with Crippen LogP contribution in [0.5, 0.6) is 11.5 Å². The van der Waals surface area contributed by atoms with Crippen molar-refractivity contribution >= 4 is 17.5 Å². The predicted octanol–water partition coefficient (Wildman–Crippen LogP) is 3.86. The predicted molar refractivity (Wildman–Crippen MR) is 95.9 cm³/mol. The van der Waals surface area contributed by atoms with Crippen molar-refractivity contribution in [2.24, 2.45) is 5.92 Å². The summed E-state index contributed by atoms with van der Waals surface area (Å²) in [5.74, 6) is 1.74. The Hall–Kier alpha value is -2.04. The topological polar surface area (TPSA) is 50.4 Å². The fraction of sp³-hybridized carbons (Fsp3) is 0.316. The lowest BCUT2D eigenvalue weighted by molar-refractivity contribution is 0.0914. The first-order chi connectivity index (χ1) is 11.6. The van der Waals surface area contributed by atoms with E-state index in [9.17, 15) is 4.79 Å². The third kappa shape index (κ3) is 4.28. The average molecular weight is 345 g/mol. The minimum Gasteiger partial charge on any atom is -0.457 e. The lowest BCUT2D eigenvalue weighted by Crippen LogP contribution is -2.48. The van der Waals surface area contributed by atoms with Crippen LogP contribution in [0.2, 0.25) is 5.02 Å². The SMILES string of the molecule is CC1CNCCC1NC(=O)c1ccc(Oc2cccc(Cl)c2)cc1. The van der Waals surface area contributed by atoms with Crippen LogP contribution in [0.3, 0.4) is 0 Å². The zero-order valence-corrected chi connectivity index (χ0v) is 14.3. The molecule has 1 aliphatic heterocycles. The van der Waals surface area contributed by atoms with Gasteiger partial charge in [-0.05, 0) is 67.9 Å². The summed E-state index contributed by atoms with van der Waals surface area (Å²) in [7, 11) is 0. The molecule has 1 heterocycles. The van der Waals surface area contributed by atoms with E-state index in [-0.39, 0.29) is 11.9 Å². The number of hydrogen-bond donors (Lipinski definition) is 2. The van der Waals surface area contributed by atoms with Gasteiger partial charge in [-0.2, -0.15) is 0 Å². The van der Waals surface area contributed by atoms with Crippen LogP contribution in [0.25, 0.3) is 0 Å². The molecule has 1 saturated heterocycles. The summed E-state index contributed by atoms with van der Waals surface area (Å²) in [6, 6.07) is 14.6. The standard InChI is InChI=1S/C19H21ClN2O2/c1-13-12-21-10-9-18(13)22-19(23)14-5-7-16(8-6-14)24-17-4-2-3-15(20)11-17/h2-8,11,13,18,21H,9-10,12H2,1H3,(H,22,23). The van der Waals surface area contributed by atoms with Crippen LogP contribution in [0.4, 0.5) is 0 Å². The zero-order chi connectivity index (χ0) is 16.9. The van der Waals surface area contributed by atoms with Crippen LogP contribution in [0.15, 0.2) is 48.5 Å². The largest absolute Gasteiger partial charge is 0.457 e. The van der Waals surface area contributed by atoms with Gasteiger partial charge in [0.2, 0.25) is 0 Å². The molecule has 1 fully saturated rings. The maximum Gasteiger partial charge on any atom is 0.251 e. The highest BCUT2D eigenvalue weighted by atomic mass is 35.5. The van der Waals surface area contributed by atoms with Gasteiger partial charge in [0.05, 0.1) is 0 Å². The summed E-state index contributed by atoms with van der Waals surface area (Å²) in [6.07, 6.45) is 0.961. The van der Waals surface area contributed by atoms with E-state index in [4.69, 9.17) is 16.3 Å². The van der Waals surface area contributed by atoms with Crippen molar-refractivity contribution in [3.63, 3.8) is 0 Å². The second-order valence-corrected chi connectivity index (χ2v) is 6.57. The summed E-state index contributed by atoms with van der Waals surface area (Å²) in [6.45, 7) is 4.04. The summed E-state index contributed by atoms with van der Waals surface area (Å²) < 4.78 is 5.74. The van der Waals surface area contributed by atoms with Gasteiger partial charge in [-0.1, -0.05) is 24.6 Å². The van der Waals surface area contributed by atoms with Crippen LogP contribution >= 0.6 is 11.6 Å². The number of nitrogens with one attached hydrogen (secondary N) is 2. The molecule has 3 rings (SSSR count). The molecule has 2 N–H and O–H groups in total. The highest BCUT2D eigenvalue weighted by molar-refractivity contribution is 6.30. The Balaban J connectivity index is 1.62. The number of carbonyl (C=O) groups is 1. The lowest BCUT2D eigenvalue weighted by atomic mass is 9.95. The summed E-state index contributed by atoms with van der Waals surface area (Å²) in [5, 5.41) is 7.08. The van der Waals surface area contributed by atoms with Crippen molar-refractivity contribution in [3.8, 4) is 11.5 Å². The molecule has 2 aromatic rings. The molecule has 0 radical (unpaired) electrons. The van der Waals surface area contributed by atoms with Crippen molar-refractivity contribution in [2.45, 2.75) is 19.4 Å². The number of carbonyl (C=O) groups excluding carboxylic acids is 1. The molecule has 0 spiro atoms. The number of ether oxygens (including phenoxy) is 1. The molecule has 2 aromatic carbocycles. The zero-order valence-electron chi connectivity index (χ0n) is 13.6. The maximum absolute atomic E-state index is 12.4. The maximum atomic E-state index is 12.4. The minimum absolute atomic E-state index is 0.0388. The van der Waals surface area contributed by atoms with Crippen molar-refractivity contribution in [3.05, 3.63) is 59.1 Å². The molecule has 126 valence electrons. The van der Waals surface area contributed by atoms with Crippen molar-refractivity contribution in [2.75, 3.05) is 13.1 Å². The number of benzene rings is 2. The first-order valence-corrected chi connectivity index (χ1v) is 8.55. The molecule has 0 bridgehead atoms. The molecule has 5 heteroatoms. The Morgan fingerprint density at radius 1 is 1.21 bits per heavy atom. The molecule has 0 aromatic heterocycles. The Morgan fingerprint density at radius 2 is 2.00 bits per heavy atom. The van der Waals surface area contributed by atoms with Gasteiger partial charge in [0.1, 0.15) is 11.5 Å². The van der Waals surface area contributed by atoms with Crippen LogP contribution in [-0.4, -0.2) is 25.0 Å². The van der Waals surface area contributed by atoms with E-state index < -0.39 is 0 Å². The molecule has 0 aliphatic carbocycles. The van der Waals surface area contributed by atoms with Crippen molar-refractivity contribution in [1.82, 2.24) is 10.6 Å². The number of halogens is 1. The number of rotatable bonds is 4. The summed E-state index contributed by atoms with van der Waals surface area (Å²) in [5.41, 5.74) is 0.638. The van der Waals surface area contributed by atoms with E-state index >= 15 is 0 Å². The van der Waals surface area contributed by atoms with Gasteiger partial charge in [0.15, 0.2) is 0 Å². The molecular weight excluding hydrogens is 324 g/mol. The van der Waals surface area contributed by atoms with Gasteiger partial charge in [-0.25, -0.2) is 0 Å². The lowest BCUT2D eigenvalue weighted by Gasteiger charge is -2.30. The van der Waals surface area contributed by atoms with Crippen LogP contribution < -0.4 is 15.4 Å². The smallest absolute Gasteiger partial charge is 0.251 e. The van der Waals surface area contributed by atoms with E-state index in [1.54, 1.807) is 36.4 Å². The van der Waals surface area contributed by atoms with Gasteiger partial charge < -0.3 is 15.4 Å². The third-order valence-corrected chi connectivity index (χ3v) is 4.49. The second-order valence-electron chi connectivity index (χ2n) is 6.13. The van der Waals surface area contributed by atoms with E-state index in [1.165, 1.54) is 0 Å². The fourth-order valence-electron chi connectivity index (χ4n) is 2.82. The quantitative estimate of drug-likeness (QED) is 0.885. The van der Waals surface area contributed by atoms with Gasteiger partial charge in [-0.3, -0.25) is 4.79 Å². The highest BCUT2D eigenvalue weighted by Gasteiger charge is 2.22. The summed E-state index contributed by atoms with van der Waals surface area (Å²) >= 11 is 5.94. The molecule has 2 atom stereocenters. The Kier molecular flexibility index (Phi) is 5.38. The Morgan fingerprint density at radius 3 is 2.71 bits per heavy atom. The first kappa shape index (κ1) is 16.8. The fourth-order valence-corrected chi connectivity index (χ4v) is 3.00. The Bertz CT molecular complexity index is 703.